The van der Waals surface area contributed by atoms with Crippen LogP contribution in [0.1, 0.15) is 31.2 Å². The van der Waals surface area contributed by atoms with Gasteiger partial charge in [-0.15, -0.1) is 0 Å². The molecule has 1 aliphatic carbocycles. The van der Waals surface area contributed by atoms with Crippen molar-refractivity contribution in [3.8, 4) is 17.6 Å². The van der Waals surface area contributed by atoms with Crippen molar-refractivity contribution in [2.75, 3.05) is 13.2 Å². The van der Waals surface area contributed by atoms with Crippen molar-refractivity contribution in [3.63, 3.8) is 0 Å². The number of halogens is 1. The summed E-state index contributed by atoms with van der Waals surface area (Å²) in [5.74, 6) is 6.19. The van der Waals surface area contributed by atoms with Gasteiger partial charge in [0.1, 0.15) is 11.6 Å². The van der Waals surface area contributed by atoms with Crippen LogP contribution < -0.4 is 10.5 Å². The van der Waals surface area contributed by atoms with Gasteiger partial charge >= 0.3 is 0 Å². The van der Waals surface area contributed by atoms with Gasteiger partial charge in [-0.25, -0.2) is 4.39 Å². The predicted octanol–water partition coefficient (Wildman–Crippen LogP) is 2.70. The van der Waals surface area contributed by atoms with Crippen LogP contribution in [0.2, 0.25) is 0 Å². The summed E-state index contributed by atoms with van der Waals surface area (Å²) in [6.45, 7) is 0.923. The maximum Gasteiger partial charge on any atom is 0.142 e. The van der Waals surface area contributed by atoms with Gasteiger partial charge in [-0.05, 0) is 30.9 Å². The number of ether oxygens (including phenoxy) is 1. The minimum Gasteiger partial charge on any atom is -0.493 e. The van der Waals surface area contributed by atoms with Crippen molar-refractivity contribution in [1.82, 2.24) is 0 Å². The van der Waals surface area contributed by atoms with Crippen LogP contribution in [-0.2, 0) is 0 Å². The zero-order valence-corrected chi connectivity index (χ0v) is 10.4. The van der Waals surface area contributed by atoms with Gasteiger partial charge in [-0.1, -0.05) is 24.7 Å². The number of nitrogens with two attached hydrogens (primary N) is 1. The molecule has 1 aliphatic rings. The summed E-state index contributed by atoms with van der Waals surface area (Å²) in [5.41, 5.74) is 5.62. The van der Waals surface area contributed by atoms with Crippen LogP contribution in [0.3, 0.4) is 0 Å². The topological polar surface area (TPSA) is 35.2 Å². The lowest BCUT2D eigenvalue weighted by Gasteiger charge is -2.11. The fourth-order valence-corrected chi connectivity index (χ4v) is 2.22. The lowest BCUT2D eigenvalue weighted by atomic mass is 10.1. The van der Waals surface area contributed by atoms with Gasteiger partial charge < -0.3 is 10.5 Å². The molecule has 0 unspecified atom stereocenters. The molecule has 96 valence electrons. The molecular weight excluding hydrogens is 229 g/mol. The molecule has 3 heteroatoms. The summed E-state index contributed by atoms with van der Waals surface area (Å²) in [6.07, 6.45) is 5.02. The number of rotatable bonds is 3. The Morgan fingerprint density at radius 1 is 1.33 bits per heavy atom. The molecular formula is C15H18FNO. The smallest absolute Gasteiger partial charge is 0.142 e. The van der Waals surface area contributed by atoms with Crippen LogP contribution in [0.4, 0.5) is 4.39 Å². The fraction of sp³-hybridized carbons (Fsp3) is 0.467. The van der Waals surface area contributed by atoms with Gasteiger partial charge in [0.2, 0.25) is 0 Å². The molecule has 0 radical (unpaired) electrons. The maximum atomic E-state index is 13.7. The van der Waals surface area contributed by atoms with Crippen LogP contribution in [0, 0.1) is 23.6 Å². The first-order chi connectivity index (χ1) is 8.79. The van der Waals surface area contributed by atoms with Crippen LogP contribution in [-0.4, -0.2) is 13.2 Å². The third kappa shape index (κ3) is 3.48. The van der Waals surface area contributed by atoms with Gasteiger partial charge in [-0.2, -0.15) is 0 Å². The quantitative estimate of drug-likeness (QED) is 0.833. The SMILES string of the molecule is NCC#Cc1ccc(OCC2CCCC2)cc1F. The van der Waals surface area contributed by atoms with E-state index in [2.05, 4.69) is 11.8 Å². The lowest BCUT2D eigenvalue weighted by Crippen LogP contribution is -2.08. The van der Waals surface area contributed by atoms with Gasteiger partial charge in [0, 0.05) is 6.07 Å². The monoisotopic (exact) mass is 247 g/mol. The Labute approximate surface area is 107 Å². The first-order valence-electron chi connectivity index (χ1n) is 6.41. The molecule has 0 saturated heterocycles. The van der Waals surface area contributed by atoms with Crippen LogP contribution >= 0.6 is 0 Å². The summed E-state index contributed by atoms with van der Waals surface area (Å²) >= 11 is 0. The Kier molecular flexibility index (Phi) is 4.60. The third-order valence-corrected chi connectivity index (χ3v) is 3.23. The molecule has 2 rings (SSSR count). The molecule has 0 aliphatic heterocycles. The van der Waals surface area contributed by atoms with Gasteiger partial charge in [0.25, 0.3) is 0 Å². The summed E-state index contributed by atoms with van der Waals surface area (Å²) in [7, 11) is 0. The molecule has 2 nitrogen and oxygen atoms in total. The fourth-order valence-electron chi connectivity index (χ4n) is 2.22. The Balaban J connectivity index is 1.95. The lowest BCUT2D eigenvalue weighted by molar-refractivity contribution is 0.251. The van der Waals surface area contributed by atoms with Crippen molar-refractivity contribution in [1.29, 1.82) is 0 Å². The second-order valence-electron chi connectivity index (χ2n) is 4.61. The molecule has 1 saturated carbocycles. The summed E-state index contributed by atoms with van der Waals surface area (Å²) in [5, 5.41) is 0. The van der Waals surface area contributed by atoms with E-state index in [0.29, 0.717) is 23.8 Å². The van der Waals surface area contributed by atoms with Crippen molar-refractivity contribution < 1.29 is 9.13 Å². The van der Waals surface area contributed by atoms with Crippen molar-refractivity contribution in [2.45, 2.75) is 25.7 Å². The average Bonchev–Trinajstić information content (AvgIpc) is 2.88. The second-order valence-corrected chi connectivity index (χ2v) is 4.61. The zero-order valence-electron chi connectivity index (χ0n) is 10.4. The molecule has 18 heavy (non-hydrogen) atoms. The highest BCUT2D eigenvalue weighted by atomic mass is 19.1. The van der Waals surface area contributed by atoms with Gasteiger partial charge in [0.05, 0.1) is 18.7 Å². The Hall–Kier alpha value is -1.53. The predicted molar refractivity (Wildman–Crippen MR) is 69.8 cm³/mol. The molecule has 1 aromatic carbocycles. The van der Waals surface area contributed by atoms with E-state index < -0.39 is 0 Å². The van der Waals surface area contributed by atoms with E-state index >= 15 is 0 Å². The third-order valence-electron chi connectivity index (χ3n) is 3.23. The van der Waals surface area contributed by atoms with E-state index in [4.69, 9.17) is 10.5 Å². The van der Waals surface area contributed by atoms with Crippen molar-refractivity contribution in [2.24, 2.45) is 11.7 Å². The van der Waals surface area contributed by atoms with Crippen molar-refractivity contribution >= 4 is 0 Å². The highest BCUT2D eigenvalue weighted by Gasteiger charge is 2.15. The normalized spacial score (nSPS) is 15.2. The Morgan fingerprint density at radius 3 is 2.78 bits per heavy atom. The molecule has 1 aromatic rings. The largest absolute Gasteiger partial charge is 0.493 e. The van der Waals surface area contributed by atoms with Crippen LogP contribution in [0.5, 0.6) is 5.75 Å². The standard InChI is InChI=1S/C15H18FNO/c16-15-10-14(8-7-13(15)6-3-9-17)18-11-12-4-1-2-5-12/h7-8,10,12H,1-2,4-5,9,11,17H2. The minimum absolute atomic E-state index is 0.235. The second kappa shape index (κ2) is 6.42. The summed E-state index contributed by atoms with van der Waals surface area (Å²) in [4.78, 5) is 0. The maximum absolute atomic E-state index is 13.7. The highest BCUT2D eigenvalue weighted by Crippen LogP contribution is 2.26. The van der Waals surface area contributed by atoms with Gasteiger partial charge in [0.15, 0.2) is 0 Å². The molecule has 1 fully saturated rings. The minimum atomic E-state index is -0.347. The van der Waals surface area contributed by atoms with Crippen LogP contribution in [0.25, 0.3) is 0 Å². The molecule has 0 amide bonds. The molecule has 0 heterocycles. The Morgan fingerprint density at radius 2 is 2.11 bits per heavy atom. The van der Waals surface area contributed by atoms with E-state index in [1.54, 1.807) is 12.1 Å². The van der Waals surface area contributed by atoms with Gasteiger partial charge in [-0.3, -0.25) is 0 Å². The number of benzene rings is 1. The number of hydrogen-bond donors (Lipinski definition) is 1. The molecule has 0 spiro atoms. The van der Waals surface area contributed by atoms with Crippen molar-refractivity contribution in [3.05, 3.63) is 29.6 Å². The van der Waals surface area contributed by atoms with E-state index in [1.807, 2.05) is 0 Å². The van der Waals surface area contributed by atoms with E-state index in [9.17, 15) is 4.39 Å². The van der Waals surface area contributed by atoms with Crippen LogP contribution in [0.15, 0.2) is 18.2 Å². The summed E-state index contributed by atoms with van der Waals surface area (Å²) < 4.78 is 19.3. The summed E-state index contributed by atoms with van der Waals surface area (Å²) in [6, 6.07) is 4.80. The van der Waals surface area contributed by atoms with E-state index in [1.165, 1.54) is 31.7 Å². The van der Waals surface area contributed by atoms with E-state index in [0.717, 1.165) is 0 Å². The molecule has 2 N–H and O–H groups in total. The Bertz CT molecular complexity index is 455. The number of hydrogen-bond acceptors (Lipinski definition) is 2. The first-order valence-corrected chi connectivity index (χ1v) is 6.41. The molecule has 0 aromatic heterocycles. The first kappa shape index (κ1) is 12.9. The molecule has 0 bridgehead atoms. The molecule has 0 atom stereocenters. The zero-order chi connectivity index (χ0) is 12.8. The average molecular weight is 247 g/mol. The van der Waals surface area contributed by atoms with E-state index in [-0.39, 0.29) is 12.4 Å². The highest BCUT2D eigenvalue weighted by molar-refractivity contribution is 5.39.